The largest absolute Gasteiger partial charge is 0.383 e. The highest BCUT2D eigenvalue weighted by Crippen LogP contribution is 2.22. The van der Waals surface area contributed by atoms with Crippen molar-refractivity contribution in [1.82, 2.24) is 9.55 Å². The van der Waals surface area contributed by atoms with Crippen molar-refractivity contribution in [2.45, 2.75) is 58.9 Å². The molecule has 0 aliphatic carbocycles. The van der Waals surface area contributed by atoms with Gasteiger partial charge in [0.2, 0.25) is 5.91 Å². The van der Waals surface area contributed by atoms with Crippen molar-refractivity contribution < 1.29 is 4.79 Å². The van der Waals surface area contributed by atoms with Gasteiger partial charge in [-0.15, -0.1) is 0 Å². The Kier molecular flexibility index (Phi) is 8.57. The number of hydrogen-bond acceptors (Lipinski definition) is 6. The van der Waals surface area contributed by atoms with Gasteiger partial charge in [-0.2, -0.15) is 0 Å². The predicted octanol–water partition coefficient (Wildman–Crippen LogP) is 2.76. The summed E-state index contributed by atoms with van der Waals surface area (Å²) >= 11 is 0. The quantitative estimate of drug-likeness (QED) is 0.534. The van der Waals surface area contributed by atoms with E-state index in [1.165, 1.54) is 35.9 Å². The molecule has 1 aliphatic heterocycles. The van der Waals surface area contributed by atoms with Crippen molar-refractivity contribution in [2.24, 2.45) is 0 Å². The van der Waals surface area contributed by atoms with Crippen LogP contribution in [-0.4, -0.2) is 41.6 Å². The molecule has 3 rings (SSSR count). The van der Waals surface area contributed by atoms with Gasteiger partial charge in [0.25, 0.3) is 5.56 Å². The molecule has 1 amide bonds. The molecule has 1 fully saturated rings. The number of hydrogen-bond donors (Lipinski definition) is 3. The second-order valence-electron chi connectivity index (χ2n) is 8.51. The minimum Gasteiger partial charge on any atom is -0.383 e. The van der Waals surface area contributed by atoms with E-state index < -0.39 is 11.2 Å². The highest BCUT2D eigenvalue weighted by Gasteiger charge is 2.20. The number of rotatable bonds is 9. The normalized spacial score (nSPS) is 14.1. The fourth-order valence-electron chi connectivity index (χ4n) is 4.23. The van der Waals surface area contributed by atoms with Gasteiger partial charge >= 0.3 is 5.69 Å². The van der Waals surface area contributed by atoms with Crippen LogP contribution in [0.3, 0.4) is 0 Å². The maximum Gasteiger partial charge on any atom is 0.330 e. The third-order valence-electron chi connectivity index (χ3n) is 6.10. The van der Waals surface area contributed by atoms with Gasteiger partial charge in [0, 0.05) is 37.6 Å². The Morgan fingerprint density at radius 1 is 1.09 bits per heavy atom. The number of benzene rings is 1. The minimum atomic E-state index is -0.582. The van der Waals surface area contributed by atoms with Crippen LogP contribution in [0.2, 0.25) is 0 Å². The Bertz CT molecular complexity index is 1040. The number of unbranched alkanes of at least 4 members (excludes halogenated alkanes) is 1. The first-order valence-corrected chi connectivity index (χ1v) is 12.0. The van der Waals surface area contributed by atoms with Crippen molar-refractivity contribution in [2.75, 3.05) is 47.0 Å². The number of carbonyl (C=O) groups excluding carboxylic acids is 1. The van der Waals surface area contributed by atoms with Gasteiger partial charge < -0.3 is 20.9 Å². The van der Waals surface area contributed by atoms with E-state index in [1.54, 1.807) is 4.90 Å². The highest BCUT2D eigenvalue weighted by atomic mass is 16.2. The average Bonchev–Trinajstić information content (AvgIpc) is 3.08. The minimum absolute atomic E-state index is 0.0519. The number of nitrogens with two attached hydrogens (primary N) is 1. The van der Waals surface area contributed by atoms with Crippen LogP contribution in [0.15, 0.2) is 33.9 Å². The molecule has 33 heavy (non-hydrogen) atoms. The average molecular weight is 457 g/mol. The number of aromatic amines is 1. The second kappa shape index (κ2) is 11.6. The van der Waals surface area contributed by atoms with E-state index in [9.17, 15) is 14.4 Å². The zero-order valence-corrected chi connectivity index (χ0v) is 19.7. The van der Waals surface area contributed by atoms with E-state index in [0.29, 0.717) is 18.8 Å². The predicted molar refractivity (Wildman–Crippen MR) is 134 cm³/mol. The molecular weight excluding hydrogens is 420 g/mol. The number of nitrogen functional groups attached to an aromatic ring is 1. The molecule has 0 radical (unpaired) electrons. The lowest BCUT2D eigenvalue weighted by Gasteiger charge is -2.24. The lowest BCUT2D eigenvalue weighted by atomic mass is 10.2. The van der Waals surface area contributed by atoms with Crippen LogP contribution >= 0.6 is 0 Å². The molecule has 4 N–H and O–H groups in total. The lowest BCUT2D eigenvalue weighted by molar-refractivity contribution is -0.115. The summed E-state index contributed by atoms with van der Waals surface area (Å²) in [5, 5.41) is 2.90. The van der Waals surface area contributed by atoms with E-state index >= 15 is 0 Å². The van der Waals surface area contributed by atoms with Crippen LogP contribution in [0, 0.1) is 0 Å². The van der Waals surface area contributed by atoms with Crippen LogP contribution in [0.4, 0.5) is 22.9 Å². The molecule has 180 valence electrons. The molecule has 1 saturated heterocycles. The molecular formula is C24H36N6O3. The Labute approximate surface area is 194 Å². The van der Waals surface area contributed by atoms with Crippen LogP contribution in [0.5, 0.6) is 0 Å². The summed E-state index contributed by atoms with van der Waals surface area (Å²) in [6, 6.07) is 7.87. The molecule has 0 saturated carbocycles. The molecule has 1 aromatic heterocycles. The van der Waals surface area contributed by atoms with Gasteiger partial charge in [-0.3, -0.25) is 19.1 Å². The molecule has 2 heterocycles. The van der Waals surface area contributed by atoms with Crippen molar-refractivity contribution in [1.29, 1.82) is 0 Å². The standard InChI is InChI=1S/C24H36N6O3/c1-3-5-16-30-22(25)21(23(32)27-24(30)33)28(4-2)17-20(31)26-18-10-12-19(13-11-18)29-14-8-6-7-9-15-29/h10-13H,3-9,14-17,25H2,1-2H3,(H,26,31)(H,27,32,33). The maximum atomic E-state index is 12.7. The lowest BCUT2D eigenvalue weighted by Crippen LogP contribution is -2.41. The first-order chi connectivity index (χ1) is 15.9. The van der Waals surface area contributed by atoms with Gasteiger partial charge in [-0.1, -0.05) is 26.2 Å². The van der Waals surface area contributed by atoms with E-state index in [1.807, 2.05) is 38.1 Å². The number of amides is 1. The number of likely N-dealkylation sites (N-methyl/N-ethyl adjacent to an activating group) is 1. The summed E-state index contributed by atoms with van der Waals surface area (Å²) in [5.41, 5.74) is 7.10. The van der Waals surface area contributed by atoms with Gasteiger partial charge in [-0.25, -0.2) is 4.79 Å². The number of nitrogens with one attached hydrogen (secondary N) is 2. The van der Waals surface area contributed by atoms with E-state index in [-0.39, 0.29) is 24.0 Å². The molecule has 0 atom stereocenters. The van der Waals surface area contributed by atoms with Crippen LogP contribution in [-0.2, 0) is 11.3 Å². The number of H-pyrrole nitrogens is 1. The van der Waals surface area contributed by atoms with Crippen molar-refractivity contribution in [3.63, 3.8) is 0 Å². The number of nitrogens with zero attached hydrogens (tertiary/aromatic N) is 3. The fraction of sp³-hybridized carbons (Fsp3) is 0.542. The smallest absolute Gasteiger partial charge is 0.330 e. The summed E-state index contributed by atoms with van der Waals surface area (Å²) in [6.07, 6.45) is 6.62. The maximum absolute atomic E-state index is 12.7. The summed E-state index contributed by atoms with van der Waals surface area (Å²) < 4.78 is 1.36. The number of anilines is 4. The van der Waals surface area contributed by atoms with Crippen LogP contribution in [0.1, 0.15) is 52.4 Å². The molecule has 0 bridgehead atoms. The van der Waals surface area contributed by atoms with Gasteiger partial charge in [0.05, 0.1) is 6.54 Å². The van der Waals surface area contributed by atoms with Gasteiger partial charge in [0.15, 0.2) is 0 Å². The van der Waals surface area contributed by atoms with Crippen LogP contribution in [0.25, 0.3) is 0 Å². The molecule has 9 nitrogen and oxygen atoms in total. The first kappa shape index (κ1) is 24.4. The number of aromatic nitrogens is 2. The Morgan fingerprint density at radius 3 is 2.36 bits per heavy atom. The molecule has 2 aromatic rings. The second-order valence-corrected chi connectivity index (χ2v) is 8.51. The Balaban J connectivity index is 1.70. The topological polar surface area (TPSA) is 116 Å². The molecule has 0 unspecified atom stereocenters. The fourth-order valence-corrected chi connectivity index (χ4v) is 4.23. The summed E-state index contributed by atoms with van der Waals surface area (Å²) in [7, 11) is 0. The van der Waals surface area contributed by atoms with Crippen molar-refractivity contribution in [3.05, 3.63) is 45.1 Å². The highest BCUT2D eigenvalue weighted by molar-refractivity contribution is 5.94. The third kappa shape index (κ3) is 6.18. The Morgan fingerprint density at radius 2 is 1.76 bits per heavy atom. The number of carbonyl (C=O) groups is 1. The van der Waals surface area contributed by atoms with E-state index in [2.05, 4.69) is 15.2 Å². The molecule has 9 heteroatoms. The van der Waals surface area contributed by atoms with Crippen molar-refractivity contribution in [3.8, 4) is 0 Å². The SMILES string of the molecule is CCCCn1c(N)c(N(CC)CC(=O)Nc2ccc(N3CCCCCC3)cc2)c(=O)[nH]c1=O. The van der Waals surface area contributed by atoms with E-state index in [0.717, 1.165) is 25.9 Å². The summed E-state index contributed by atoms with van der Waals surface area (Å²) in [5.74, 6) is -0.168. The van der Waals surface area contributed by atoms with Crippen molar-refractivity contribution >= 4 is 28.8 Å². The first-order valence-electron chi connectivity index (χ1n) is 12.0. The zero-order chi connectivity index (χ0) is 23.8. The molecule has 1 aliphatic rings. The molecule has 0 spiro atoms. The Hall–Kier alpha value is -3.23. The summed E-state index contributed by atoms with van der Waals surface area (Å²) in [4.78, 5) is 43.8. The van der Waals surface area contributed by atoms with E-state index in [4.69, 9.17) is 5.73 Å². The molecule has 1 aromatic carbocycles. The monoisotopic (exact) mass is 456 g/mol. The van der Waals surface area contributed by atoms with Crippen LogP contribution < -0.4 is 32.1 Å². The summed E-state index contributed by atoms with van der Waals surface area (Å²) in [6.45, 7) is 6.73. The third-order valence-corrected chi connectivity index (χ3v) is 6.10. The van der Waals surface area contributed by atoms with Gasteiger partial charge in [0.1, 0.15) is 11.5 Å². The van der Waals surface area contributed by atoms with Gasteiger partial charge in [-0.05, 0) is 50.5 Å². The zero-order valence-electron chi connectivity index (χ0n) is 19.7.